The highest BCUT2D eigenvalue weighted by atomic mass is 32.1. The van der Waals surface area contributed by atoms with Crippen molar-refractivity contribution in [3.05, 3.63) is 54.2 Å². The number of nitrogens with one attached hydrogen (secondary N) is 2. The zero-order valence-electron chi connectivity index (χ0n) is 19.8. The number of aromatic nitrogens is 2. The lowest BCUT2D eigenvalue weighted by molar-refractivity contribution is -0.127. The van der Waals surface area contributed by atoms with Gasteiger partial charge in [-0.25, -0.2) is 19.7 Å². The maximum Gasteiger partial charge on any atom is 0.332 e. The number of amides is 4. The highest BCUT2D eigenvalue weighted by molar-refractivity contribution is 7.21. The Bertz CT molecular complexity index is 1260. The number of carbonyl (C=O) groups excluding carboxylic acids is 3. The SMILES string of the molecule is C=CC(=O)N1CCCC(NC(=O)c2sc3nccc4c3c2NC(=O)N4c2ccccn2)C1.CCC. The summed E-state index contributed by atoms with van der Waals surface area (Å²) in [6.07, 6.45) is 7.35. The third-order valence-corrected chi connectivity index (χ3v) is 6.67. The molecule has 1 fully saturated rings. The van der Waals surface area contributed by atoms with Crippen LogP contribution in [0.2, 0.25) is 0 Å². The fraction of sp³-hybridized carbons (Fsp3) is 0.320. The van der Waals surface area contributed by atoms with Crippen molar-refractivity contribution < 1.29 is 14.4 Å². The number of piperidine rings is 1. The molecule has 35 heavy (non-hydrogen) atoms. The zero-order valence-corrected chi connectivity index (χ0v) is 20.6. The Morgan fingerprint density at radius 1 is 1.26 bits per heavy atom. The summed E-state index contributed by atoms with van der Waals surface area (Å²) in [5.41, 5.74) is 1.08. The van der Waals surface area contributed by atoms with Gasteiger partial charge in [0.15, 0.2) is 0 Å². The fourth-order valence-electron chi connectivity index (χ4n) is 4.13. The van der Waals surface area contributed by atoms with Crippen LogP contribution in [0.15, 0.2) is 49.3 Å². The number of nitrogens with zero attached hydrogens (tertiary/aromatic N) is 4. The van der Waals surface area contributed by atoms with Gasteiger partial charge in [0.2, 0.25) is 5.91 Å². The number of likely N-dealkylation sites (tertiary alicyclic amines) is 1. The van der Waals surface area contributed by atoms with Crippen molar-refractivity contribution in [2.45, 2.75) is 39.2 Å². The summed E-state index contributed by atoms with van der Waals surface area (Å²) in [5.74, 6) is 0.0459. The molecule has 3 aromatic rings. The molecule has 2 aliphatic rings. The molecule has 0 aliphatic carbocycles. The fourth-order valence-corrected chi connectivity index (χ4v) is 5.16. The standard InChI is InChI=1S/C22H20N6O3S.C3H8/c1-2-16(29)27-11-5-6-13(12-27)25-20(30)19-18-17-14(8-10-24-21(17)32-19)28(22(31)26-18)15-7-3-4-9-23-15;1-3-2/h2-4,7-10,13H,1,5-6,11-12H2,(H,25,30)(H,26,31);3H2,1-2H3. The van der Waals surface area contributed by atoms with Gasteiger partial charge >= 0.3 is 6.03 Å². The first-order chi connectivity index (χ1) is 17.0. The van der Waals surface area contributed by atoms with Crippen molar-refractivity contribution in [2.75, 3.05) is 23.3 Å². The van der Waals surface area contributed by atoms with E-state index in [0.717, 1.165) is 12.8 Å². The maximum atomic E-state index is 13.2. The number of pyridine rings is 2. The molecule has 5 rings (SSSR count). The third kappa shape index (κ3) is 4.88. The van der Waals surface area contributed by atoms with Crippen LogP contribution in [0.5, 0.6) is 0 Å². The van der Waals surface area contributed by atoms with Crippen LogP contribution in [0.1, 0.15) is 42.8 Å². The van der Waals surface area contributed by atoms with Crippen molar-refractivity contribution in [2.24, 2.45) is 0 Å². The zero-order chi connectivity index (χ0) is 24.9. The Kier molecular flexibility index (Phi) is 7.40. The molecule has 0 saturated carbocycles. The van der Waals surface area contributed by atoms with Gasteiger partial charge in [-0.3, -0.25) is 9.59 Å². The van der Waals surface area contributed by atoms with Crippen LogP contribution in [0.4, 0.5) is 22.0 Å². The first kappa shape index (κ1) is 24.3. The smallest absolute Gasteiger partial charge is 0.332 e. The first-order valence-corrected chi connectivity index (χ1v) is 12.5. The van der Waals surface area contributed by atoms with E-state index in [1.165, 1.54) is 28.7 Å². The van der Waals surface area contributed by atoms with E-state index in [2.05, 4.69) is 41.0 Å². The summed E-state index contributed by atoms with van der Waals surface area (Å²) >= 11 is 1.23. The van der Waals surface area contributed by atoms with E-state index in [-0.39, 0.29) is 17.9 Å². The number of urea groups is 1. The van der Waals surface area contributed by atoms with Gasteiger partial charge < -0.3 is 15.5 Å². The van der Waals surface area contributed by atoms with Gasteiger partial charge in [-0.2, -0.15) is 0 Å². The molecule has 2 N–H and O–H groups in total. The van der Waals surface area contributed by atoms with Gasteiger partial charge in [0.25, 0.3) is 5.91 Å². The van der Waals surface area contributed by atoms with Gasteiger partial charge in [0.05, 0.1) is 16.8 Å². The van der Waals surface area contributed by atoms with Crippen molar-refractivity contribution in [1.82, 2.24) is 20.2 Å². The summed E-state index contributed by atoms with van der Waals surface area (Å²) in [5, 5.41) is 6.58. The van der Waals surface area contributed by atoms with E-state index in [4.69, 9.17) is 0 Å². The molecule has 1 atom stereocenters. The largest absolute Gasteiger partial charge is 0.347 e. The molecule has 0 radical (unpaired) electrons. The minimum atomic E-state index is -0.392. The molecule has 182 valence electrons. The monoisotopic (exact) mass is 492 g/mol. The van der Waals surface area contributed by atoms with Gasteiger partial charge in [0.1, 0.15) is 15.5 Å². The molecule has 9 nitrogen and oxygen atoms in total. The molecule has 4 amide bonds. The van der Waals surface area contributed by atoms with E-state index in [9.17, 15) is 14.4 Å². The molecular formula is C25H28N6O3S. The van der Waals surface area contributed by atoms with Crippen LogP contribution in [-0.2, 0) is 4.79 Å². The van der Waals surface area contributed by atoms with Crippen molar-refractivity contribution in [3.8, 4) is 0 Å². The number of anilines is 3. The highest BCUT2D eigenvalue weighted by Crippen LogP contribution is 2.45. The van der Waals surface area contributed by atoms with Crippen LogP contribution in [-0.4, -0.2) is 51.8 Å². The topological polar surface area (TPSA) is 108 Å². The Hall–Kier alpha value is -3.79. The summed E-state index contributed by atoms with van der Waals surface area (Å²) < 4.78 is 0. The third-order valence-electron chi connectivity index (χ3n) is 5.57. The summed E-state index contributed by atoms with van der Waals surface area (Å²) in [7, 11) is 0. The lowest BCUT2D eigenvalue weighted by atomic mass is 10.1. The average molecular weight is 493 g/mol. The average Bonchev–Trinajstić information content (AvgIpc) is 3.24. The first-order valence-electron chi connectivity index (χ1n) is 11.6. The highest BCUT2D eigenvalue weighted by Gasteiger charge is 2.34. The number of thiophene rings is 1. The number of hydrogen-bond acceptors (Lipinski definition) is 6. The number of hydrogen-bond donors (Lipinski definition) is 2. The quantitative estimate of drug-likeness (QED) is 0.514. The lowest BCUT2D eigenvalue weighted by Crippen LogP contribution is -2.49. The molecule has 0 aromatic carbocycles. The van der Waals surface area contributed by atoms with Crippen LogP contribution in [0, 0.1) is 0 Å². The van der Waals surface area contributed by atoms with Gasteiger partial charge in [0, 0.05) is 31.5 Å². The summed E-state index contributed by atoms with van der Waals surface area (Å²) in [6.45, 7) is 8.87. The molecule has 5 heterocycles. The second-order valence-corrected chi connectivity index (χ2v) is 9.28. The van der Waals surface area contributed by atoms with Crippen LogP contribution >= 0.6 is 11.3 Å². The predicted octanol–water partition coefficient (Wildman–Crippen LogP) is 4.70. The molecular weight excluding hydrogens is 464 g/mol. The summed E-state index contributed by atoms with van der Waals surface area (Å²) in [6, 6.07) is 6.51. The molecule has 0 bridgehead atoms. The lowest BCUT2D eigenvalue weighted by Gasteiger charge is -2.32. The minimum absolute atomic E-state index is 0.142. The molecule has 3 aromatic heterocycles. The van der Waals surface area contributed by atoms with Crippen molar-refractivity contribution in [1.29, 1.82) is 0 Å². The Morgan fingerprint density at radius 2 is 2.06 bits per heavy atom. The summed E-state index contributed by atoms with van der Waals surface area (Å²) in [4.78, 5) is 51.0. The Labute approximate surface area is 207 Å². The second kappa shape index (κ2) is 10.6. The Morgan fingerprint density at radius 3 is 2.77 bits per heavy atom. The molecule has 10 heteroatoms. The predicted molar refractivity (Wildman–Crippen MR) is 138 cm³/mol. The molecule has 0 spiro atoms. The van der Waals surface area contributed by atoms with Crippen molar-refractivity contribution in [3.63, 3.8) is 0 Å². The number of rotatable bonds is 4. The van der Waals surface area contributed by atoms with Gasteiger partial charge in [-0.15, -0.1) is 11.3 Å². The normalized spacial score (nSPS) is 16.7. The van der Waals surface area contributed by atoms with Gasteiger partial charge in [-0.1, -0.05) is 32.9 Å². The van der Waals surface area contributed by atoms with Crippen LogP contribution in [0.25, 0.3) is 10.2 Å². The van der Waals surface area contributed by atoms with E-state index < -0.39 is 6.03 Å². The Balaban J connectivity index is 0.000000917. The van der Waals surface area contributed by atoms with Crippen molar-refractivity contribution >= 4 is 56.6 Å². The number of carbonyl (C=O) groups is 3. The van der Waals surface area contributed by atoms with E-state index in [0.29, 0.717) is 45.4 Å². The molecule has 2 aliphatic heterocycles. The van der Waals surface area contributed by atoms with E-state index in [1.807, 2.05) is 0 Å². The maximum absolute atomic E-state index is 13.2. The van der Waals surface area contributed by atoms with E-state index >= 15 is 0 Å². The van der Waals surface area contributed by atoms with Crippen LogP contribution in [0.3, 0.4) is 0 Å². The minimum Gasteiger partial charge on any atom is -0.347 e. The molecule has 1 unspecified atom stereocenters. The molecule has 1 saturated heterocycles. The van der Waals surface area contributed by atoms with Gasteiger partial charge in [-0.05, 0) is 37.1 Å². The van der Waals surface area contributed by atoms with E-state index in [1.54, 1.807) is 41.6 Å². The second-order valence-electron chi connectivity index (χ2n) is 8.28. The van der Waals surface area contributed by atoms with Crippen LogP contribution < -0.4 is 15.5 Å².